The summed E-state index contributed by atoms with van der Waals surface area (Å²) in [6.07, 6.45) is 1.72. The third kappa shape index (κ3) is 2.47. The third-order valence-electron chi connectivity index (χ3n) is 3.32. The fourth-order valence-corrected chi connectivity index (χ4v) is 2.26. The molecule has 106 valence electrons. The van der Waals surface area contributed by atoms with Crippen molar-refractivity contribution in [2.75, 3.05) is 0 Å². The van der Waals surface area contributed by atoms with Gasteiger partial charge in [0.25, 0.3) is 5.69 Å². The molecule has 0 bridgehead atoms. The maximum absolute atomic E-state index is 13.7. The molecule has 0 saturated carbocycles. The molecule has 1 heterocycles. The van der Waals surface area contributed by atoms with Crippen molar-refractivity contribution in [1.29, 1.82) is 0 Å². The zero-order chi connectivity index (χ0) is 15.0. The van der Waals surface area contributed by atoms with Gasteiger partial charge in [-0.2, -0.15) is 0 Å². The maximum Gasteiger partial charge on any atom is 0.271 e. The number of hydrogen-bond acceptors (Lipinski definition) is 2. The number of rotatable bonds is 3. The summed E-state index contributed by atoms with van der Waals surface area (Å²) >= 11 is 0. The quantitative estimate of drug-likeness (QED) is 0.542. The van der Waals surface area contributed by atoms with E-state index in [-0.39, 0.29) is 12.2 Å². The first kappa shape index (κ1) is 13.2. The van der Waals surface area contributed by atoms with Gasteiger partial charge in [-0.05, 0) is 18.2 Å². The summed E-state index contributed by atoms with van der Waals surface area (Å²) in [5, 5.41) is 11.6. The summed E-state index contributed by atoms with van der Waals surface area (Å²) in [6, 6.07) is 9.68. The first-order chi connectivity index (χ1) is 10.0. The van der Waals surface area contributed by atoms with Gasteiger partial charge in [-0.1, -0.05) is 6.07 Å². The molecule has 0 aliphatic heterocycles. The number of halogens is 2. The van der Waals surface area contributed by atoms with E-state index >= 15 is 0 Å². The largest absolute Gasteiger partial charge is 0.343 e. The van der Waals surface area contributed by atoms with Gasteiger partial charge in [0.1, 0.15) is 11.6 Å². The van der Waals surface area contributed by atoms with Crippen molar-refractivity contribution in [2.24, 2.45) is 0 Å². The van der Waals surface area contributed by atoms with Crippen LogP contribution in [0.3, 0.4) is 0 Å². The van der Waals surface area contributed by atoms with E-state index in [1.165, 1.54) is 24.3 Å². The minimum absolute atomic E-state index is 0.0259. The molecule has 0 spiro atoms. The van der Waals surface area contributed by atoms with E-state index in [4.69, 9.17) is 0 Å². The van der Waals surface area contributed by atoms with Crippen molar-refractivity contribution in [3.05, 3.63) is 76.0 Å². The van der Waals surface area contributed by atoms with Gasteiger partial charge in [-0.3, -0.25) is 10.1 Å². The average Bonchev–Trinajstić information content (AvgIpc) is 2.84. The number of aromatic nitrogens is 1. The van der Waals surface area contributed by atoms with Gasteiger partial charge >= 0.3 is 0 Å². The van der Waals surface area contributed by atoms with E-state index in [0.29, 0.717) is 11.1 Å². The first-order valence-corrected chi connectivity index (χ1v) is 6.22. The highest BCUT2D eigenvalue weighted by atomic mass is 19.1. The zero-order valence-electron chi connectivity index (χ0n) is 10.8. The molecule has 0 atom stereocenters. The minimum atomic E-state index is -0.637. The van der Waals surface area contributed by atoms with E-state index in [9.17, 15) is 18.9 Å². The molecule has 0 radical (unpaired) electrons. The minimum Gasteiger partial charge on any atom is -0.343 e. The lowest BCUT2D eigenvalue weighted by Crippen LogP contribution is -2.01. The topological polar surface area (TPSA) is 48.1 Å². The number of benzene rings is 2. The molecule has 21 heavy (non-hydrogen) atoms. The number of hydrogen-bond donors (Lipinski definition) is 0. The Morgan fingerprint density at radius 1 is 1.10 bits per heavy atom. The summed E-state index contributed by atoms with van der Waals surface area (Å²) in [5.74, 6) is -1.27. The predicted molar refractivity (Wildman–Crippen MR) is 74.1 cm³/mol. The van der Waals surface area contributed by atoms with E-state index in [1.54, 1.807) is 22.9 Å². The Balaban J connectivity index is 2.04. The summed E-state index contributed by atoms with van der Waals surface area (Å²) in [6.45, 7) is 0.177. The normalized spacial score (nSPS) is 11.0. The van der Waals surface area contributed by atoms with Gasteiger partial charge in [0.05, 0.1) is 17.0 Å². The predicted octanol–water partition coefficient (Wildman–Crippen LogP) is 3.88. The Morgan fingerprint density at radius 3 is 2.62 bits per heavy atom. The van der Waals surface area contributed by atoms with Crippen LogP contribution < -0.4 is 0 Å². The number of non-ortho nitro benzene ring substituents is 1. The van der Waals surface area contributed by atoms with Crippen LogP contribution in [-0.4, -0.2) is 9.49 Å². The molecule has 4 nitrogen and oxygen atoms in total. The summed E-state index contributed by atoms with van der Waals surface area (Å²) in [5.41, 5.74) is 0.926. The highest BCUT2D eigenvalue weighted by Gasteiger charge is 2.11. The van der Waals surface area contributed by atoms with Gasteiger partial charge in [-0.15, -0.1) is 0 Å². The number of nitrogens with zero attached hydrogens (tertiary/aromatic N) is 2. The zero-order valence-corrected chi connectivity index (χ0v) is 10.8. The Hall–Kier alpha value is -2.76. The Morgan fingerprint density at radius 2 is 1.90 bits per heavy atom. The molecule has 3 aromatic rings. The van der Waals surface area contributed by atoms with Crippen molar-refractivity contribution in [3.8, 4) is 0 Å². The lowest BCUT2D eigenvalue weighted by molar-refractivity contribution is -0.384. The molecule has 0 aliphatic rings. The van der Waals surface area contributed by atoms with Crippen molar-refractivity contribution in [3.63, 3.8) is 0 Å². The highest BCUT2D eigenvalue weighted by molar-refractivity contribution is 5.82. The van der Waals surface area contributed by atoms with Crippen LogP contribution in [0.5, 0.6) is 0 Å². The van der Waals surface area contributed by atoms with E-state index < -0.39 is 16.6 Å². The summed E-state index contributed by atoms with van der Waals surface area (Å²) in [7, 11) is 0. The van der Waals surface area contributed by atoms with E-state index in [2.05, 4.69) is 0 Å². The van der Waals surface area contributed by atoms with Crippen LogP contribution in [0.15, 0.2) is 48.7 Å². The summed E-state index contributed by atoms with van der Waals surface area (Å²) in [4.78, 5) is 10.3. The second-order valence-corrected chi connectivity index (χ2v) is 4.68. The average molecular weight is 288 g/mol. The van der Waals surface area contributed by atoms with Crippen LogP contribution in [0, 0.1) is 21.7 Å². The lowest BCUT2D eigenvalue weighted by Gasteiger charge is -2.07. The molecule has 3 rings (SSSR count). The fourth-order valence-electron chi connectivity index (χ4n) is 2.26. The third-order valence-corrected chi connectivity index (χ3v) is 3.32. The molecule has 0 fully saturated rings. The molecule has 6 heteroatoms. The second kappa shape index (κ2) is 4.97. The molecule has 0 aliphatic carbocycles. The molecule has 0 saturated heterocycles. The summed E-state index contributed by atoms with van der Waals surface area (Å²) < 4.78 is 28.3. The van der Waals surface area contributed by atoms with Crippen molar-refractivity contribution in [1.82, 2.24) is 4.57 Å². The van der Waals surface area contributed by atoms with Crippen molar-refractivity contribution in [2.45, 2.75) is 6.54 Å². The highest BCUT2D eigenvalue weighted by Crippen LogP contribution is 2.23. The Kier molecular flexibility index (Phi) is 3.13. The second-order valence-electron chi connectivity index (χ2n) is 4.68. The van der Waals surface area contributed by atoms with Gasteiger partial charge in [0, 0.05) is 35.3 Å². The van der Waals surface area contributed by atoms with E-state index in [0.717, 1.165) is 11.5 Å². The maximum atomic E-state index is 13.7. The van der Waals surface area contributed by atoms with Gasteiger partial charge in [0.15, 0.2) is 0 Å². The lowest BCUT2D eigenvalue weighted by atomic mass is 10.2. The molecule has 0 unspecified atom stereocenters. The molecule has 0 amide bonds. The van der Waals surface area contributed by atoms with E-state index in [1.807, 2.05) is 0 Å². The Labute approximate surface area is 118 Å². The molecule has 2 aromatic carbocycles. The smallest absolute Gasteiger partial charge is 0.271 e. The fraction of sp³-hybridized carbons (Fsp3) is 0.0667. The molecular weight excluding hydrogens is 278 g/mol. The number of fused-ring (bicyclic) bond motifs is 1. The molecular formula is C15H10F2N2O2. The number of nitro groups is 1. The van der Waals surface area contributed by atoms with Gasteiger partial charge < -0.3 is 4.57 Å². The Bertz CT molecular complexity index is 843. The van der Waals surface area contributed by atoms with Crippen LogP contribution in [0.25, 0.3) is 10.9 Å². The van der Waals surface area contributed by atoms with Crippen LogP contribution in [0.2, 0.25) is 0 Å². The molecule has 1 aromatic heterocycles. The first-order valence-electron chi connectivity index (χ1n) is 6.22. The van der Waals surface area contributed by atoms with Gasteiger partial charge in [-0.25, -0.2) is 8.78 Å². The van der Waals surface area contributed by atoms with Crippen LogP contribution in [-0.2, 0) is 6.54 Å². The molecule has 0 N–H and O–H groups in total. The van der Waals surface area contributed by atoms with Crippen LogP contribution in [0.4, 0.5) is 14.5 Å². The SMILES string of the molecule is O=[N+]([O-])c1ccc2ccn(Cc3ccc(F)cc3F)c2c1. The monoisotopic (exact) mass is 288 g/mol. The van der Waals surface area contributed by atoms with Crippen molar-refractivity contribution < 1.29 is 13.7 Å². The van der Waals surface area contributed by atoms with Crippen LogP contribution in [0.1, 0.15) is 5.56 Å². The standard InChI is InChI=1S/C15H10F2N2O2/c16-12-3-1-11(14(17)7-12)9-18-6-5-10-2-4-13(19(20)21)8-15(10)18/h1-8H,9H2. The van der Waals surface area contributed by atoms with Crippen LogP contribution >= 0.6 is 0 Å². The van der Waals surface area contributed by atoms with Gasteiger partial charge in [0.2, 0.25) is 0 Å². The number of nitro benzene ring substituents is 1. The van der Waals surface area contributed by atoms with Crippen molar-refractivity contribution >= 4 is 16.6 Å².